The van der Waals surface area contributed by atoms with Crippen LogP contribution >= 0.6 is 11.8 Å². The normalized spacial score (nSPS) is 28.1. The predicted molar refractivity (Wildman–Crippen MR) is 168 cm³/mol. The van der Waals surface area contributed by atoms with E-state index in [9.17, 15) is 19.5 Å². The third-order valence-corrected chi connectivity index (χ3v) is 10.7. The Morgan fingerprint density at radius 3 is 2.37 bits per heavy atom. The molecule has 3 aromatic rings. The molecular weight excluding hydrogens is 562 g/mol. The van der Waals surface area contributed by atoms with Crippen LogP contribution in [0, 0.1) is 11.8 Å². The molecule has 3 aromatic carbocycles. The number of carbonyl (C=O) groups excluding carboxylic acids is 3. The number of amides is 3. The number of rotatable bonds is 6. The molecule has 43 heavy (non-hydrogen) atoms. The molecule has 1 unspecified atom stereocenters. The van der Waals surface area contributed by atoms with Crippen molar-refractivity contribution in [1.82, 2.24) is 4.90 Å². The fraction of sp³-hybridized carbons (Fsp3) is 0.324. The van der Waals surface area contributed by atoms with Gasteiger partial charge < -0.3 is 24.5 Å². The van der Waals surface area contributed by atoms with Crippen molar-refractivity contribution in [2.45, 2.75) is 23.0 Å². The van der Waals surface area contributed by atoms with E-state index in [2.05, 4.69) is 0 Å². The highest BCUT2D eigenvalue weighted by Gasteiger charge is 2.71. The summed E-state index contributed by atoms with van der Waals surface area (Å²) in [6, 6.07) is 20.5. The fourth-order valence-electron chi connectivity index (χ4n) is 7.18. The lowest BCUT2D eigenvalue weighted by atomic mass is 9.78. The van der Waals surface area contributed by atoms with Crippen molar-refractivity contribution < 1.29 is 24.2 Å². The van der Waals surface area contributed by atoms with Gasteiger partial charge in [0.25, 0.3) is 5.91 Å². The summed E-state index contributed by atoms with van der Waals surface area (Å²) in [6.45, 7) is 2.96. The van der Waals surface area contributed by atoms with Gasteiger partial charge in [0.1, 0.15) is 11.8 Å². The molecule has 4 aliphatic heterocycles. The monoisotopic (exact) mass is 595 g/mol. The minimum Gasteiger partial charge on any atom is -0.494 e. The second-order valence-corrected chi connectivity index (χ2v) is 12.8. The minimum atomic E-state index is -0.938. The number of aliphatic hydroxyl groups excluding tert-OH is 1. The number of aliphatic hydroxyl groups is 1. The molecule has 9 heteroatoms. The average molecular weight is 596 g/mol. The molecule has 0 aromatic heterocycles. The zero-order valence-corrected chi connectivity index (χ0v) is 24.7. The van der Waals surface area contributed by atoms with Gasteiger partial charge in [-0.3, -0.25) is 14.4 Å². The van der Waals surface area contributed by atoms with E-state index in [-0.39, 0.29) is 36.1 Å². The van der Waals surface area contributed by atoms with E-state index in [0.29, 0.717) is 19.7 Å². The number of fused-ring (bicyclic) bond motifs is 3. The molecule has 1 N–H and O–H groups in total. The van der Waals surface area contributed by atoms with Gasteiger partial charge in [0.2, 0.25) is 11.8 Å². The molecule has 3 amide bonds. The third-order valence-electron chi connectivity index (χ3n) is 9.00. The standard InChI is InChI=1S/C34H33N3O5S/c1-2-42-26-14-12-24(13-15-26)35-17-5-9-27-28(31(35)39)29-32(40)37(19-20-38)30-33(41)36(18-6-16-34(29,30)43-27)25-11-10-22-7-3-4-8-23(22)21-25/h3-16,21,27-30,38H,2,17-20H2,1H3/t27-,28+,29-,30?,34-/m0/s1. The van der Waals surface area contributed by atoms with Crippen LogP contribution in [0.3, 0.4) is 0 Å². The van der Waals surface area contributed by atoms with Crippen LogP contribution < -0.4 is 14.5 Å². The first-order valence-corrected chi connectivity index (χ1v) is 15.6. The number of ether oxygens (including phenoxy) is 1. The molecule has 8 nitrogen and oxygen atoms in total. The van der Waals surface area contributed by atoms with Gasteiger partial charge in [-0.05, 0) is 54.1 Å². The largest absolute Gasteiger partial charge is 0.494 e. The lowest BCUT2D eigenvalue weighted by Crippen LogP contribution is -2.53. The third kappa shape index (κ3) is 4.36. The maximum atomic E-state index is 14.5. The number of carbonyl (C=O) groups is 3. The zero-order chi connectivity index (χ0) is 29.7. The number of likely N-dealkylation sites (tertiary alicyclic amines) is 1. The molecule has 2 saturated heterocycles. The Kier molecular flexibility index (Phi) is 7.02. The Labute approximate surface area is 254 Å². The van der Waals surface area contributed by atoms with Crippen LogP contribution in [0.15, 0.2) is 91.0 Å². The van der Waals surface area contributed by atoms with Crippen molar-refractivity contribution in [3.8, 4) is 5.75 Å². The van der Waals surface area contributed by atoms with Crippen molar-refractivity contribution in [1.29, 1.82) is 0 Å². The number of hydrogen-bond donors (Lipinski definition) is 1. The number of thioether (sulfide) groups is 1. The Bertz CT molecular complexity index is 1660. The molecule has 0 aliphatic carbocycles. The first kappa shape index (κ1) is 27.7. The maximum Gasteiger partial charge on any atom is 0.251 e. The highest BCUT2D eigenvalue weighted by molar-refractivity contribution is 8.02. The second-order valence-electron chi connectivity index (χ2n) is 11.3. The van der Waals surface area contributed by atoms with E-state index in [1.54, 1.807) is 9.80 Å². The van der Waals surface area contributed by atoms with Crippen molar-refractivity contribution in [2.75, 3.05) is 42.6 Å². The van der Waals surface area contributed by atoms with Crippen LogP contribution in [0.4, 0.5) is 11.4 Å². The summed E-state index contributed by atoms with van der Waals surface area (Å²) >= 11 is 1.54. The first-order chi connectivity index (χ1) is 21.0. The molecule has 0 bridgehead atoms. The van der Waals surface area contributed by atoms with Gasteiger partial charge in [-0.25, -0.2) is 0 Å². The number of β-amino-alcohol motifs (C(OH)–C–C–N with tert-alkyl or cyclic N) is 1. The van der Waals surface area contributed by atoms with Gasteiger partial charge in [0.05, 0.1) is 29.8 Å². The molecule has 5 atom stereocenters. The Morgan fingerprint density at radius 2 is 1.60 bits per heavy atom. The van der Waals surface area contributed by atoms with E-state index in [1.165, 1.54) is 16.7 Å². The Balaban J connectivity index is 1.27. The molecule has 0 saturated carbocycles. The zero-order valence-electron chi connectivity index (χ0n) is 23.8. The summed E-state index contributed by atoms with van der Waals surface area (Å²) in [6.07, 6.45) is 7.98. The molecule has 1 spiro atoms. The highest BCUT2D eigenvalue weighted by Crippen LogP contribution is 2.61. The predicted octanol–water partition coefficient (Wildman–Crippen LogP) is 4.03. The summed E-state index contributed by atoms with van der Waals surface area (Å²) in [4.78, 5) is 48.1. The van der Waals surface area contributed by atoms with Gasteiger partial charge in [-0.2, -0.15) is 0 Å². The summed E-state index contributed by atoms with van der Waals surface area (Å²) in [7, 11) is 0. The van der Waals surface area contributed by atoms with Crippen molar-refractivity contribution in [3.63, 3.8) is 0 Å². The summed E-state index contributed by atoms with van der Waals surface area (Å²) in [5.41, 5.74) is 1.48. The van der Waals surface area contributed by atoms with Crippen LogP contribution in [-0.2, 0) is 14.4 Å². The van der Waals surface area contributed by atoms with Gasteiger partial charge >= 0.3 is 0 Å². The number of nitrogens with zero attached hydrogens (tertiary/aromatic N) is 3. The molecule has 2 fully saturated rings. The number of anilines is 2. The second kappa shape index (κ2) is 10.9. The van der Waals surface area contributed by atoms with Gasteiger partial charge in [-0.15, -0.1) is 11.8 Å². The van der Waals surface area contributed by atoms with E-state index in [4.69, 9.17) is 4.74 Å². The topological polar surface area (TPSA) is 90.4 Å². The lowest BCUT2D eigenvalue weighted by Gasteiger charge is -2.35. The summed E-state index contributed by atoms with van der Waals surface area (Å²) in [5.74, 6) is -1.26. The SMILES string of the molecule is CCOc1ccc(N2CC=C[C@@H]3S[C@]45C=CCN(c6ccc7ccccc7c6)C(=O)C4N(CCO)C(=O)[C@@H]5[C@@H]3C2=O)cc1. The molecule has 7 rings (SSSR count). The van der Waals surface area contributed by atoms with E-state index in [1.807, 2.05) is 98.0 Å². The number of benzene rings is 3. The summed E-state index contributed by atoms with van der Waals surface area (Å²) in [5, 5.41) is 11.8. The van der Waals surface area contributed by atoms with Crippen LogP contribution in [0.2, 0.25) is 0 Å². The van der Waals surface area contributed by atoms with Gasteiger partial charge in [-0.1, -0.05) is 54.6 Å². The van der Waals surface area contributed by atoms with Crippen LogP contribution in [-0.4, -0.2) is 76.6 Å². The Morgan fingerprint density at radius 1 is 0.884 bits per heavy atom. The van der Waals surface area contributed by atoms with Crippen LogP contribution in [0.1, 0.15) is 6.92 Å². The maximum absolute atomic E-state index is 14.5. The molecule has 4 heterocycles. The minimum absolute atomic E-state index is 0.0253. The number of hydrogen-bond acceptors (Lipinski definition) is 6. The summed E-state index contributed by atoms with van der Waals surface area (Å²) < 4.78 is 4.64. The smallest absolute Gasteiger partial charge is 0.251 e. The van der Waals surface area contributed by atoms with Crippen LogP contribution in [0.25, 0.3) is 10.8 Å². The van der Waals surface area contributed by atoms with E-state index in [0.717, 1.165) is 27.9 Å². The lowest BCUT2D eigenvalue weighted by molar-refractivity contribution is -0.139. The van der Waals surface area contributed by atoms with Gasteiger partial charge in [0, 0.05) is 36.3 Å². The molecule has 0 radical (unpaired) electrons. The fourth-order valence-corrected chi connectivity index (χ4v) is 9.19. The quantitative estimate of drug-likeness (QED) is 0.433. The van der Waals surface area contributed by atoms with Crippen molar-refractivity contribution >= 4 is 51.6 Å². The highest BCUT2D eigenvalue weighted by atomic mass is 32.2. The Hall–Kier alpha value is -4.08. The molecule has 4 aliphatic rings. The average Bonchev–Trinajstić information content (AvgIpc) is 3.32. The van der Waals surface area contributed by atoms with Crippen molar-refractivity contribution in [3.05, 3.63) is 91.0 Å². The van der Waals surface area contributed by atoms with Crippen LogP contribution in [0.5, 0.6) is 5.75 Å². The molecular formula is C34H33N3O5S. The van der Waals surface area contributed by atoms with Gasteiger partial charge in [0.15, 0.2) is 0 Å². The molecule has 220 valence electrons. The van der Waals surface area contributed by atoms with Crippen molar-refractivity contribution in [2.24, 2.45) is 11.8 Å². The first-order valence-electron chi connectivity index (χ1n) is 14.7. The van der Waals surface area contributed by atoms with E-state index < -0.39 is 22.6 Å². The van der Waals surface area contributed by atoms with E-state index >= 15 is 0 Å².